The molecular weight excluding hydrogens is 959 g/mol. The van der Waals surface area contributed by atoms with Crippen LogP contribution in [0.5, 0.6) is 0 Å². The first-order valence-electron chi connectivity index (χ1n) is 26.4. The van der Waals surface area contributed by atoms with Crippen LogP contribution in [-0.2, 0) is 49.2 Å². The summed E-state index contributed by atoms with van der Waals surface area (Å²) in [6.07, 6.45) is -5.36. The number of ether oxygens (including phenoxy) is 8. The van der Waals surface area contributed by atoms with Crippen LogP contribution in [0.25, 0.3) is 16.5 Å². The summed E-state index contributed by atoms with van der Waals surface area (Å²) in [5.74, 6) is -4.05. The van der Waals surface area contributed by atoms with E-state index >= 15 is 0 Å². The number of carbonyl (C=O) groups excluding carboxylic acids is 1. The Kier molecular flexibility index (Phi) is 20.9. The van der Waals surface area contributed by atoms with Crippen LogP contribution >= 0.6 is 0 Å². The van der Waals surface area contributed by atoms with E-state index < -0.39 is 107 Å². The zero-order valence-corrected chi connectivity index (χ0v) is 46.8. The molecule has 0 radical (unpaired) electrons. The number of aryl methyl sites for hydroxylation is 1. The Bertz CT molecular complexity index is 2290. The Hall–Kier alpha value is -3.57. The highest BCUT2D eigenvalue weighted by Gasteiger charge is 2.53. The number of cyclic esters (lactones) is 1. The van der Waals surface area contributed by atoms with Crippen LogP contribution in [-0.4, -0.2) is 190 Å². The largest absolute Gasteiger partial charge is 0.498 e. The summed E-state index contributed by atoms with van der Waals surface area (Å²) in [7, 11) is 7.17. The Balaban J connectivity index is 1.41. The van der Waals surface area contributed by atoms with E-state index in [4.69, 9.17) is 37.9 Å². The molecule has 0 bridgehead atoms. The van der Waals surface area contributed by atoms with Gasteiger partial charge in [-0.2, -0.15) is 0 Å². The zero-order valence-electron chi connectivity index (χ0n) is 46.8. The predicted molar refractivity (Wildman–Crippen MR) is 278 cm³/mol. The smallest absolute Gasteiger partial charge is 0.341 e. The summed E-state index contributed by atoms with van der Waals surface area (Å²) in [4.78, 5) is 43.4. The van der Waals surface area contributed by atoms with Crippen molar-refractivity contribution in [1.82, 2.24) is 14.4 Å². The van der Waals surface area contributed by atoms with E-state index in [2.05, 4.69) is 0 Å². The van der Waals surface area contributed by atoms with Gasteiger partial charge in [-0.25, -0.2) is 4.79 Å². The first kappa shape index (κ1) is 61.3. The Morgan fingerprint density at radius 3 is 2.24 bits per heavy atom. The summed E-state index contributed by atoms with van der Waals surface area (Å²) in [6.45, 7) is 22.7. The summed E-state index contributed by atoms with van der Waals surface area (Å²) >= 11 is 0. The highest BCUT2D eigenvalue weighted by atomic mass is 16.7. The van der Waals surface area contributed by atoms with E-state index in [0.717, 1.165) is 0 Å². The molecule has 0 aliphatic carbocycles. The van der Waals surface area contributed by atoms with Crippen LogP contribution in [0.1, 0.15) is 125 Å². The van der Waals surface area contributed by atoms with Gasteiger partial charge in [0, 0.05) is 56.2 Å². The van der Waals surface area contributed by atoms with Crippen molar-refractivity contribution < 1.29 is 73.0 Å². The monoisotopic (exact) mass is 1050 g/mol. The molecule has 3 saturated heterocycles. The lowest BCUT2D eigenvalue weighted by Crippen LogP contribution is -2.61. The second-order valence-corrected chi connectivity index (χ2v) is 22.4. The first-order valence-corrected chi connectivity index (χ1v) is 26.4. The van der Waals surface area contributed by atoms with Crippen molar-refractivity contribution in [3.05, 3.63) is 52.0 Å². The standard InChI is InChI=1S/C55H89N3O16/c1-17-42-55(12,66)47(61)35(8)57(15)27-30(3)25-53(10,65)48(74-52-45(60)41(56(13)14)23-32(5)70-52)33(6)46(34(7)51(64)72-42)73-43-26-54(11,67-16)49(36(9)71-43)69-22-21-68-29-31(4)37-19-20-40-38(24-37)44(59)39(50(62)63)28-58(40)18-2/h19-20,24,28-30,32-36,41-43,45-49,52,60-61,65-66H,17-18,21-23,25-27H2,1-16H3,(H,62,63)/b31-29+/t30-,32-,33+,34-,35-,36+,41+,42-,43+,45-,46+,47-,48-,49+,52+,53-,54-,55-/m1/s1. The van der Waals surface area contributed by atoms with Crippen LogP contribution in [0.3, 0.4) is 0 Å². The fourth-order valence-corrected chi connectivity index (χ4v) is 11.6. The van der Waals surface area contributed by atoms with E-state index in [1.807, 2.05) is 85.5 Å². The number of rotatable bonds is 15. The molecule has 0 unspecified atom stereocenters. The molecule has 3 aliphatic heterocycles. The molecule has 5 N–H and O–H groups in total. The number of nitrogens with zero attached hydrogens (tertiary/aromatic N) is 3. The molecule has 0 spiro atoms. The highest BCUT2D eigenvalue weighted by Crippen LogP contribution is 2.41. The van der Waals surface area contributed by atoms with Crippen LogP contribution in [0.4, 0.5) is 0 Å². The lowest BCUT2D eigenvalue weighted by atomic mass is 9.77. The van der Waals surface area contributed by atoms with Gasteiger partial charge < -0.3 is 77.8 Å². The summed E-state index contributed by atoms with van der Waals surface area (Å²) < 4.78 is 53.1. The molecule has 19 nitrogen and oxygen atoms in total. The van der Waals surface area contributed by atoms with Crippen molar-refractivity contribution in [3.8, 4) is 0 Å². The average Bonchev–Trinajstić information content (AvgIpc) is 3.33. The van der Waals surface area contributed by atoms with Crippen molar-refractivity contribution >= 4 is 28.4 Å². The van der Waals surface area contributed by atoms with Crippen molar-refractivity contribution in [1.29, 1.82) is 0 Å². The van der Waals surface area contributed by atoms with Gasteiger partial charge in [-0.15, -0.1) is 0 Å². The number of carboxylic acid groups (broad SMARTS) is 1. The van der Waals surface area contributed by atoms with Crippen LogP contribution in [0, 0.1) is 17.8 Å². The summed E-state index contributed by atoms with van der Waals surface area (Å²) in [5.41, 5.74) is -3.28. The van der Waals surface area contributed by atoms with Crippen molar-refractivity contribution in [3.63, 3.8) is 0 Å². The molecule has 74 heavy (non-hydrogen) atoms. The minimum absolute atomic E-state index is 0.136. The normalized spacial score (nSPS) is 38.6. The molecule has 3 fully saturated rings. The third-order valence-electron chi connectivity index (χ3n) is 16.0. The lowest BCUT2D eigenvalue weighted by molar-refractivity contribution is -0.321. The quantitative estimate of drug-likeness (QED) is 0.0893. The predicted octanol–water partition coefficient (Wildman–Crippen LogP) is 5.04. The number of carbonyl (C=O) groups is 2. The molecule has 1 aromatic heterocycles. The first-order chi connectivity index (χ1) is 34.5. The number of esters is 1. The van der Waals surface area contributed by atoms with Crippen LogP contribution < -0.4 is 5.43 Å². The molecule has 0 amide bonds. The van der Waals surface area contributed by atoms with E-state index in [1.165, 1.54) is 13.1 Å². The van der Waals surface area contributed by atoms with Gasteiger partial charge in [-0.05, 0) is 132 Å². The van der Waals surface area contributed by atoms with Gasteiger partial charge in [-0.3, -0.25) is 9.59 Å². The van der Waals surface area contributed by atoms with Gasteiger partial charge in [-0.1, -0.05) is 26.8 Å². The molecular formula is C55H89N3O16. The van der Waals surface area contributed by atoms with Gasteiger partial charge in [0.05, 0.1) is 59.9 Å². The van der Waals surface area contributed by atoms with Crippen molar-refractivity contribution in [2.75, 3.05) is 48.0 Å². The Morgan fingerprint density at radius 1 is 0.959 bits per heavy atom. The molecule has 18 atom stereocenters. The number of carboxylic acids is 1. The Morgan fingerprint density at radius 2 is 1.64 bits per heavy atom. The summed E-state index contributed by atoms with van der Waals surface area (Å²) in [6, 6.07) is 4.43. The van der Waals surface area contributed by atoms with Crippen molar-refractivity contribution in [2.45, 2.75) is 206 Å². The van der Waals surface area contributed by atoms with Gasteiger partial charge in [0.2, 0.25) is 5.43 Å². The second kappa shape index (κ2) is 25.3. The SMILES string of the molecule is CC[C@H]1OC(=O)[C@H](C)[C@@H](O[C@H]2C[C@@](C)(OC)[C@@H](OCCO/C=C(\C)c3ccc4c(c3)c(=O)c(C(=O)O)cn4CC)[C@H](C)O2)[C@H](C)[C@@H](O[C@@H]2O[C@H](C)C[C@H](N(C)C)[C@H]2O)[C@](C)(O)C[C@@H](C)CN(C)[C@H](C)[C@@H](O)[C@]1(C)O. The van der Waals surface area contributed by atoms with Gasteiger partial charge in [0.25, 0.3) is 0 Å². The number of allylic oxidation sites excluding steroid dienone is 1. The number of methoxy groups -OCH3 is 1. The molecule has 1 aromatic carbocycles. The molecule has 3 aliphatic rings. The second-order valence-electron chi connectivity index (χ2n) is 22.4. The average molecular weight is 1050 g/mol. The minimum atomic E-state index is -1.85. The number of fused-ring (bicyclic) bond motifs is 1. The van der Waals surface area contributed by atoms with Crippen LogP contribution in [0.15, 0.2) is 35.5 Å². The van der Waals surface area contributed by atoms with Gasteiger partial charge in [0.15, 0.2) is 12.6 Å². The number of aromatic nitrogens is 1. The number of pyridine rings is 1. The number of aromatic carboxylic acids is 1. The topological polar surface area (TPSA) is 238 Å². The number of likely N-dealkylation sites (N-methyl/N-ethyl adjacent to an activating group) is 2. The number of aliphatic hydroxyl groups excluding tert-OH is 2. The molecule has 5 rings (SSSR count). The summed E-state index contributed by atoms with van der Waals surface area (Å²) in [5, 5.41) is 58.1. The van der Waals surface area contributed by atoms with E-state index in [-0.39, 0.29) is 56.1 Å². The fraction of sp³-hybridized carbons (Fsp3) is 0.764. The van der Waals surface area contributed by atoms with Crippen molar-refractivity contribution in [2.24, 2.45) is 17.8 Å². The number of benzene rings is 1. The molecule has 420 valence electrons. The Labute approximate surface area is 438 Å². The highest BCUT2D eigenvalue weighted by molar-refractivity contribution is 5.93. The minimum Gasteiger partial charge on any atom is -0.498 e. The third kappa shape index (κ3) is 13.7. The maximum atomic E-state index is 14.6. The maximum absolute atomic E-state index is 14.6. The third-order valence-corrected chi connectivity index (χ3v) is 16.0. The molecule has 4 heterocycles. The van der Waals surface area contributed by atoms with Gasteiger partial charge >= 0.3 is 11.9 Å². The number of hydrogen-bond acceptors (Lipinski definition) is 17. The fourth-order valence-electron chi connectivity index (χ4n) is 11.6. The molecule has 0 saturated carbocycles. The molecule has 2 aromatic rings. The zero-order chi connectivity index (χ0) is 55.4. The number of hydrogen-bond donors (Lipinski definition) is 5. The van der Waals surface area contributed by atoms with E-state index in [9.17, 15) is 39.9 Å². The van der Waals surface area contributed by atoms with Gasteiger partial charge in [0.1, 0.15) is 42.2 Å². The lowest BCUT2D eigenvalue weighted by Gasteiger charge is -2.49. The molecule has 19 heteroatoms. The van der Waals surface area contributed by atoms with Crippen LogP contribution in [0.2, 0.25) is 0 Å². The maximum Gasteiger partial charge on any atom is 0.341 e. The van der Waals surface area contributed by atoms with E-state index in [1.54, 1.807) is 57.8 Å². The number of aliphatic hydroxyl groups is 4. The van der Waals surface area contributed by atoms with E-state index in [0.29, 0.717) is 41.5 Å².